The van der Waals surface area contributed by atoms with E-state index < -0.39 is 0 Å². The van der Waals surface area contributed by atoms with Gasteiger partial charge in [-0.25, -0.2) is 4.68 Å². The summed E-state index contributed by atoms with van der Waals surface area (Å²) in [4.78, 5) is 19.5. The lowest BCUT2D eigenvalue weighted by Gasteiger charge is -2.19. The van der Waals surface area contributed by atoms with E-state index in [1.165, 1.54) is 6.20 Å². The van der Waals surface area contributed by atoms with E-state index in [1.807, 2.05) is 26.8 Å². The Morgan fingerprint density at radius 1 is 1.36 bits per heavy atom. The van der Waals surface area contributed by atoms with Crippen molar-refractivity contribution < 1.29 is 4.74 Å². The van der Waals surface area contributed by atoms with Crippen LogP contribution >= 0.6 is 11.6 Å². The van der Waals surface area contributed by atoms with E-state index >= 15 is 0 Å². The molecule has 132 valence electrons. The Morgan fingerprint density at radius 3 is 2.80 bits per heavy atom. The van der Waals surface area contributed by atoms with E-state index in [0.29, 0.717) is 34.3 Å². The molecule has 0 saturated heterocycles. The Bertz CT molecular complexity index is 971. The SMILES string of the molecule is COc1ccc(Cl)cc1CNc1nc2c(cnn2C(C)(C)C)c(=O)[nH]1. The zero-order valence-electron chi connectivity index (χ0n) is 14.6. The van der Waals surface area contributed by atoms with Crippen LogP contribution < -0.4 is 15.6 Å². The summed E-state index contributed by atoms with van der Waals surface area (Å²) in [5.41, 5.74) is 0.885. The molecule has 8 heteroatoms. The Kier molecular flexibility index (Phi) is 4.43. The summed E-state index contributed by atoms with van der Waals surface area (Å²) in [5.74, 6) is 1.07. The first kappa shape index (κ1) is 17.3. The lowest BCUT2D eigenvalue weighted by atomic mass is 10.1. The van der Waals surface area contributed by atoms with Gasteiger partial charge in [0, 0.05) is 17.1 Å². The first-order valence-corrected chi connectivity index (χ1v) is 8.22. The number of halogens is 1. The maximum Gasteiger partial charge on any atom is 0.263 e. The number of nitrogens with zero attached hydrogens (tertiary/aromatic N) is 3. The smallest absolute Gasteiger partial charge is 0.263 e. The number of rotatable bonds is 4. The van der Waals surface area contributed by atoms with Crippen LogP contribution in [-0.2, 0) is 12.1 Å². The molecule has 3 rings (SSSR count). The van der Waals surface area contributed by atoms with Gasteiger partial charge >= 0.3 is 0 Å². The minimum Gasteiger partial charge on any atom is -0.496 e. The van der Waals surface area contributed by atoms with Gasteiger partial charge in [-0.15, -0.1) is 0 Å². The van der Waals surface area contributed by atoms with Crippen molar-refractivity contribution in [3.05, 3.63) is 45.3 Å². The van der Waals surface area contributed by atoms with Gasteiger partial charge in [0.05, 0.1) is 18.8 Å². The molecule has 0 aliphatic rings. The van der Waals surface area contributed by atoms with Crippen molar-refractivity contribution in [2.24, 2.45) is 0 Å². The summed E-state index contributed by atoms with van der Waals surface area (Å²) in [6, 6.07) is 5.37. The fourth-order valence-corrected chi connectivity index (χ4v) is 2.75. The molecule has 0 amide bonds. The zero-order valence-corrected chi connectivity index (χ0v) is 15.3. The van der Waals surface area contributed by atoms with Crippen molar-refractivity contribution in [1.82, 2.24) is 19.7 Å². The molecule has 3 aromatic rings. The Morgan fingerprint density at radius 2 is 2.12 bits per heavy atom. The number of hydrogen-bond donors (Lipinski definition) is 2. The number of ether oxygens (including phenoxy) is 1. The molecule has 0 spiro atoms. The average molecular weight is 362 g/mol. The second-order valence-corrected chi connectivity index (χ2v) is 7.13. The van der Waals surface area contributed by atoms with Gasteiger partial charge in [0.15, 0.2) is 5.65 Å². The van der Waals surface area contributed by atoms with Crippen LogP contribution in [0.25, 0.3) is 11.0 Å². The Labute approximate surface area is 150 Å². The molecule has 7 nitrogen and oxygen atoms in total. The number of anilines is 1. The highest BCUT2D eigenvalue weighted by Crippen LogP contribution is 2.23. The third-order valence-electron chi connectivity index (χ3n) is 3.76. The van der Waals surface area contributed by atoms with Crippen molar-refractivity contribution in [2.45, 2.75) is 32.9 Å². The zero-order chi connectivity index (χ0) is 18.2. The summed E-state index contributed by atoms with van der Waals surface area (Å²) in [7, 11) is 1.60. The van der Waals surface area contributed by atoms with Crippen LogP contribution in [0.15, 0.2) is 29.2 Å². The molecule has 0 atom stereocenters. The summed E-state index contributed by atoms with van der Waals surface area (Å²) in [5, 5.41) is 8.48. The molecule has 0 fully saturated rings. The number of aromatic amines is 1. The number of aromatic nitrogens is 4. The lowest BCUT2D eigenvalue weighted by Crippen LogP contribution is -2.24. The maximum absolute atomic E-state index is 12.3. The molecule has 0 bridgehead atoms. The third kappa shape index (κ3) is 3.46. The molecule has 2 aromatic heterocycles. The highest BCUT2D eigenvalue weighted by Gasteiger charge is 2.19. The molecule has 2 N–H and O–H groups in total. The molecule has 2 heterocycles. The van der Waals surface area contributed by atoms with Gasteiger partial charge in [0.1, 0.15) is 11.1 Å². The van der Waals surface area contributed by atoms with Gasteiger partial charge in [-0.2, -0.15) is 10.1 Å². The summed E-state index contributed by atoms with van der Waals surface area (Å²) in [6.45, 7) is 6.42. The molecule has 0 aliphatic carbocycles. The van der Waals surface area contributed by atoms with Gasteiger partial charge in [0.25, 0.3) is 5.56 Å². The van der Waals surface area contributed by atoms with Crippen LogP contribution in [0.2, 0.25) is 5.02 Å². The van der Waals surface area contributed by atoms with Crippen LogP contribution in [0.5, 0.6) is 5.75 Å². The van der Waals surface area contributed by atoms with Crippen LogP contribution in [0.3, 0.4) is 0 Å². The molecule has 0 aliphatic heterocycles. The van der Waals surface area contributed by atoms with E-state index in [0.717, 1.165) is 5.56 Å². The molecule has 0 saturated carbocycles. The quantitative estimate of drug-likeness (QED) is 0.745. The van der Waals surface area contributed by atoms with Gasteiger partial charge in [0.2, 0.25) is 5.95 Å². The molecule has 25 heavy (non-hydrogen) atoms. The lowest BCUT2D eigenvalue weighted by molar-refractivity contribution is 0.366. The van der Waals surface area contributed by atoms with Crippen molar-refractivity contribution in [3.63, 3.8) is 0 Å². The normalized spacial score (nSPS) is 11.7. The third-order valence-corrected chi connectivity index (χ3v) is 4.00. The van der Waals surface area contributed by atoms with E-state index in [1.54, 1.807) is 23.9 Å². The predicted molar refractivity (Wildman–Crippen MR) is 98.5 cm³/mol. The minimum absolute atomic E-state index is 0.235. The largest absolute Gasteiger partial charge is 0.496 e. The maximum atomic E-state index is 12.3. The van der Waals surface area contributed by atoms with E-state index in [-0.39, 0.29) is 11.1 Å². The Balaban J connectivity index is 1.95. The van der Waals surface area contributed by atoms with Gasteiger partial charge in [-0.3, -0.25) is 9.78 Å². The fourth-order valence-electron chi connectivity index (χ4n) is 2.56. The van der Waals surface area contributed by atoms with Gasteiger partial charge in [-0.1, -0.05) is 11.6 Å². The topological polar surface area (TPSA) is 84.8 Å². The molecule has 0 radical (unpaired) electrons. The van der Waals surface area contributed by atoms with Crippen molar-refractivity contribution in [3.8, 4) is 5.75 Å². The number of fused-ring (bicyclic) bond motifs is 1. The Hall–Kier alpha value is -2.54. The first-order valence-electron chi connectivity index (χ1n) is 7.84. The van der Waals surface area contributed by atoms with E-state index in [2.05, 4.69) is 20.4 Å². The highest BCUT2D eigenvalue weighted by molar-refractivity contribution is 6.30. The number of nitrogens with one attached hydrogen (secondary N) is 2. The standard InChI is InChI=1S/C17H20ClN5O2/c1-17(2,3)23-14-12(9-20-23)15(24)22-16(21-14)19-8-10-7-11(18)5-6-13(10)25-4/h5-7,9H,8H2,1-4H3,(H2,19,21,22,24). The number of methoxy groups -OCH3 is 1. The van der Waals surface area contributed by atoms with Crippen LogP contribution in [0, 0.1) is 0 Å². The van der Waals surface area contributed by atoms with Crippen molar-refractivity contribution >= 4 is 28.6 Å². The van der Waals surface area contributed by atoms with E-state index in [4.69, 9.17) is 16.3 Å². The molecular weight excluding hydrogens is 342 g/mol. The minimum atomic E-state index is -0.282. The summed E-state index contributed by atoms with van der Waals surface area (Å²) < 4.78 is 7.07. The van der Waals surface area contributed by atoms with Crippen molar-refractivity contribution in [1.29, 1.82) is 0 Å². The molecular formula is C17H20ClN5O2. The monoisotopic (exact) mass is 361 g/mol. The predicted octanol–water partition coefficient (Wildman–Crippen LogP) is 3.15. The molecule has 1 aromatic carbocycles. The summed E-state index contributed by atoms with van der Waals surface area (Å²) in [6.07, 6.45) is 1.54. The number of H-pyrrole nitrogens is 1. The second kappa shape index (κ2) is 6.40. The van der Waals surface area contributed by atoms with Crippen LogP contribution in [-0.4, -0.2) is 26.9 Å². The van der Waals surface area contributed by atoms with Gasteiger partial charge < -0.3 is 10.1 Å². The number of benzene rings is 1. The highest BCUT2D eigenvalue weighted by atomic mass is 35.5. The summed E-state index contributed by atoms with van der Waals surface area (Å²) >= 11 is 6.05. The van der Waals surface area contributed by atoms with Crippen LogP contribution in [0.4, 0.5) is 5.95 Å². The van der Waals surface area contributed by atoms with Crippen molar-refractivity contribution in [2.75, 3.05) is 12.4 Å². The van der Waals surface area contributed by atoms with Crippen LogP contribution in [0.1, 0.15) is 26.3 Å². The van der Waals surface area contributed by atoms with Gasteiger partial charge in [-0.05, 0) is 39.0 Å². The van der Waals surface area contributed by atoms with E-state index in [9.17, 15) is 4.79 Å². The first-order chi connectivity index (χ1) is 11.8. The second-order valence-electron chi connectivity index (χ2n) is 6.69. The number of hydrogen-bond acceptors (Lipinski definition) is 5. The fraction of sp³-hybridized carbons (Fsp3) is 0.353. The average Bonchev–Trinajstić information content (AvgIpc) is 2.98. The molecule has 0 unspecified atom stereocenters.